The molecule has 0 fully saturated rings. The van der Waals surface area contributed by atoms with Crippen LogP contribution in [0.5, 0.6) is 0 Å². The molecule has 3 aromatic carbocycles. The molecule has 1 aromatic heterocycles. The summed E-state index contributed by atoms with van der Waals surface area (Å²) in [5.74, 6) is 0. The Hall–Kier alpha value is -2.93. The molecule has 0 aliphatic heterocycles. The fourth-order valence-corrected chi connectivity index (χ4v) is 2.80. The Balaban J connectivity index is 1.94. The summed E-state index contributed by atoms with van der Waals surface area (Å²) in [6.07, 6.45) is 4.22. The summed E-state index contributed by atoms with van der Waals surface area (Å²) in [5.41, 5.74) is 3.23. The molecule has 1 nitrogen and oxygen atoms in total. The Labute approximate surface area is 129 Å². The van der Waals surface area contributed by atoms with E-state index in [1.165, 1.54) is 21.7 Å². The average molecular weight is 281 g/mol. The van der Waals surface area contributed by atoms with E-state index in [0.717, 1.165) is 11.2 Å². The van der Waals surface area contributed by atoms with Crippen LogP contribution < -0.4 is 0 Å². The monoisotopic (exact) mass is 281 g/mol. The van der Waals surface area contributed by atoms with E-state index in [-0.39, 0.29) is 0 Å². The largest absolute Gasteiger partial charge is 0.248 e. The van der Waals surface area contributed by atoms with Crippen molar-refractivity contribution in [3.8, 4) is 0 Å². The molecule has 0 unspecified atom stereocenters. The molecule has 0 radical (unpaired) electrons. The van der Waals surface area contributed by atoms with Gasteiger partial charge in [-0.05, 0) is 23.1 Å². The third kappa shape index (κ3) is 2.27. The Morgan fingerprint density at radius 3 is 2.00 bits per heavy atom. The van der Waals surface area contributed by atoms with Crippen LogP contribution in [0.1, 0.15) is 11.3 Å². The number of fused-ring (bicyclic) bond motifs is 3. The van der Waals surface area contributed by atoms with Crippen LogP contribution in [0.2, 0.25) is 0 Å². The lowest BCUT2D eigenvalue weighted by Gasteiger charge is -2.06. The molecule has 0 atom stereocenters. The Bertz CT molecular complexity index is 969. The van der Waals surface area contributed by atoms with Crippen molar-refractivity contribution in [1.29, 1.82) is 0 Å². The molecule has 0 aliphatic rings. The maximum atomic E-state index is 4.83. The summed E-state index contributed by atoms with van der Waals surface area (Å²) in [5, 5.41) is 3.64. The fourth-order valence-electron chi connectivity index (χ4n) is 2.80. The van der Waals surface area contributed by atoms with E-state index in [1.54, 1.807) is 0 Å². The van der Waals surface area contributed by atoms with Gasteiger partial charge in [0.05, 0.1) is 11.2 Å². The first-order valence-electron chi connectivity index (χ1n) is 7.42. The Kier molecular flexibility index (Phi) is 3.17. The number of aromatic nitrogens is 1. The van der Waals surface area contributed by atoms with Gasteiger partial charge in [-0.15, -0.1) is 0 Å². The zero-order valence-electron chi connectivity index (χ0n) is 12.1. The molecule has 104 valence electrons. The van der Waals surface area contributed by atoms with Crippen molar-refractivity contribution in [1.82, 2.24) is 4.98 Å². The summed E-state index contributed by atoms with van der Waals surface area (Å²) >= 11 is 0. The molecule has 0 bridgehead atoms. The molecule has 4 aromatic rings. The molecule has 0 saturated carbocycles. The number of rotatable bonds is 2. The SMILES string of the molecule is C(=C\c1nc2ccccc2c2ccccc12)/c1ccccc1. The minimum Gasteiger partial charge on any atom is -0.248 e. The minimum absolute atomic E-state index is 1.01. The Morgan fingerprint density at radius 1 is 0.545 bits per heavy atom. The first kappa shape index (κ1) is 12.8. The summed E-state index contributed by atoms with van der Waals surface area (Å²) < 4.78 is 0. The van der Waals surface area contributed by atoms with Crippen molar-refractivity contribution in [2.24, 2.45) is 0 Å². The predicted molar refractivity (Wildman–Crippen MR) is 94.6 cm³/mol. The number of hydrogen-bond donors (Lipinski definition) is 0. The van der Waals surface area contributed by atoms with Gasteiger partial charge in [-0.25, -0.2) is 4.98 Å². The van der Waals surface area contributed by atoms with Crippen LogP contribution in [0.4, 0.5) is 0 Å². The van der Waals surface area contributed by atoms with Crippen LogP contribution in [0, 0.1) is 0 Å². The highest BCUT2D eigenvalue weighted by Crippen LogP contribution is 2.27. The molecule has 22 heavy (non-hydrogen) atoms. The molecule has 0 spiro atoms. The van der Waals surface area contributed by atoms with E-state index < -0.39 is 0 Å². The van der Waals surface area contributed by atoms with Crippen LogP contribution in [-0.4, -0.2) is 4.98 Å². The first-order valence-corrected chi connectivity index (χ1v) is 7.42. The van der Waals surface area contributed by atoms with Crippen LogP contribution in [0.3, 0.4) is 0 Å². The summed E-state index contributed by atoms with van der Waals surface area (Å²) in [6, 6.07) is 27.1. The van der Waals surface area contributed by atoms with Gasteiger partial charge in [-0.3, -0.25) is 0 Å². The summed E-state index contributed by atoms with van der Waals surface area (Å²) in [7, 11) is 0. The summed E-state index contributed by atoms with van der Waals surface area (Å²) in [4.78, 5) is 4.83. The maximum Gasteiger partial charge on any atom is 0.0715 e. The highest BCUT2D eigenvalue weighted by atomic mass is 14.7. The van der Waals surface area contributed by atoms with Gasteiger partial charge >= 0.3 is 0 Å². The molecule has 0 N–H and O–H groups in total. The van der Waals surface area contributed by atoms with Gasteiger partial charge in [0.25, 0.3) is 0 Å². The lowest BCUT2D eigenvalue weighted by molar-refractivity contribution is 1.41. The molecular formula is C21H15N. The van der Waals surface area contributed by atoms with Crippen LogP contribution in [0.15, 0.2) is 78.9 Å². The van der Waals surface area contributed by atoms with Crippen LogP contribution >= 0.6 is 0 Å². The smallest absolute Gasteiger partial charge is 0.0715 e. The third-order valence-corrected chi connectivity index (χ3v) is 3.87. The van der Waals surface area contributed by atoms with Crippen LogP contribution in [-0.2, 0) is 0 Å². The lowest BCUT2D eigenvalue weighted by atomic mass is 10.0. The average Bonchev–Trinajstić information content (AvgIpc) is 2.60. The van der Waals surface area contributed by atoms with Crippen molar-refractivity contribution >= 4 is 33.8 Å². The molecular weight excluding hydrogens is 266 g/mol. The van der Waals surface area contributed by atoms with Gasteiger partial charge in [-0.1, -0.05) is 78.9 Å². The highest BCUT2D eigenvalue weighted by molar-refractivity contribution is 6.08. The molecule has 0 saturated heterocycles. The van der Waals surface area contributed by atoms with Gasteiger partial charge in [0.2, 0.25) is 0 Å². The lowest BCUT2D eigenvalue weighted by Crippen LogP contribution is -1.87. The second kappa shape index (κ2) is 5.45. The molecule has 4 rings (SSSR count). The van der Waals surface area contributed by atoms with Crippen molar-refractivity contribution in [2.45, 2.75) is 0 Å². The fraction of sp³-hybridized carbons (Fsp3) is 0. The van der Waals surface area contributed by atoms with Gasteiger partial charge in [-0.2, -0.15) is 0 Å². The van der Waals surface area contributed by atoms with Gasteiger partial charge in [0, 0.05) is 10.8 Å². The third-order valence-electron chi connectivity index (χ3n) is 3.87. The highest BCUT2D eigenvalue weighted by Gasteiger charge is 2.05. The maximum absolute atomic E-state index is 4.83. The zero-order chi connectivity index (χ0) is 14.8. The zero-order valence-corrected chi connectivity index (χ0v) is 12.1. The molecule has 1 heterocycles. The first-order chi connectivity index (χ1) is 10.9. The minimum atomic E-state index is 1.01. The van der Waals surface area contributed by atoms with Gasteiger partial charge in [0.1, 0.15) is 0 Å². The number of para-hydroxylation sites is 1. The van der Waals surface area contributed by atoms with Crippen molar-refractivity contribution in [3.05, 3.63) is 90.1 Å². The Morgan fingerprint density at radius 2 is 1.18 bits per heavy atom. The van der Waals surface area contributed by atoms with Gasteiger partial charge in [0.15, 0.2) is 0 Å². The molecule has 0 aliphatic carbocycles. The van der Waals surface area contributed by atoms with Crippen molar-refractivity contribution in [2.75, 3.05) is 0 Å². The van der Waals surface area contributed by atoms with E-state index in [9.17, 15) is 0 Å². The van der Waals surface area contributed by atoms with E-state index in [4.69, 9.17) is 4.98 Å². The van der Waals surface area contributed by atoms with Gasteiger partial charge < -0.3 is 0 Å². The second-order valence-electron chi connectivity index (χ2n) is 5.30. The number of pyridine rings is 1. The van der Waals surface area contributed by atoms with E-state index in [1.807, 2.05) is 24.3 Å². The standard InChI is InChI=1S/C21H15N/c1-2-8-16(9-3-1)14-15-21-19-11-5-4-10-17(19)18-12-6-7-13-20(18)22-21/h1-15H/b15-14+. The van der Waals surface area contributed by atoms with Crippen molar-refractivity contribution < 1.29 is 0 Å². The summed E-state index contributed by atoms with van der Waals surface area (Å²) in [6.45, 7) is 0. The number of hydrogen-bond acceptors (Lipinski definition) is 1. The predicted octanol–water partition coefficient (Wildman–Crippen LogP) is 5.56. The number of benzene rings is 3. The quantitative estimate of drug-likeness (QED) is 0.438. The van der Waals surface area contributed by atoms with E-state index in [2.05, 4.69) is 66.7 Å². The molecule has 1 heteroatoms. The van der Waals surface area contributed by atoms with Crippen LogP contribution in [0.25, 0.3) is 33.8 Å². The number of nitrogens with zero attached hydrogens (tertiary/aromatic N) is 1. The molecule has 0 amide bonds. The van der Waals surface area contributed by atoms with Crippen molar-refractivity contribution in [3.63, 3.8) is 0 Å². The second-order valence-corrected chi connectivity index (χ2v) is 5.30. The van der Waals surface area contributed by atoms with E-state index in [0.29, 0.717) is 0 Å². The normalized spacial score (nSPS) is 11.5. The van der Waals surface area contributed by atoms with E-state index >= 15 is 0 Å². The topological polar surface area (TPSA) is 12.9 Å².